The van der Waals surface area contributed by atoms with Crippen molar-refractivity contribution in [2.75, 3.05) is 0 Å². The van der Waals surface area contributed by atoms with E-state index in [0.717, 1.165) is 0 Å². The summed E-state index contributed by atoms with van der Waals surface area (Å²) >= 11 is 0. The molecule has 0 spiro atoms. The van der Waals surface area contributed by atoms with Gasteiger partial charge in [0, 0.05) is 0 Å². The van der Waals surface area contributed by atoms with Crippen molar-refractivity contribution in [2.24, 2.45) is 734 Å². The van der Waals surface area contributed by atoms with Gasteiger partial charge in [-0.05, 0) is 760 Å². The Labute approximate surface area is 754 Å². The highest BCUT2D eigenvalue weighted by molar-refractivity contribution is 5.55. The van der Waals surface area contributed by atoms with Gasteiger partial charge in [0.05, 0.1) is 0 Å². The molecule has 128 heavy (non-hydrogen) atoms. The van der Waals surface area contributed by atoms with E-state index in [2.05, 4.69) is 0 Å². The molecule has 63 aliphatic rings. The molecule has 0 aliphatic heterocycles. The Bertz CT molecular complexity index is 5350. The van der Waals surface area contributed by atoms with Crippen molar-refractivity contribution in [1.29, 1.82) is 0 Å². The van der Waals surface area contributed by atoms with Crippen molar-refractivity contribution in [1.82, 2.24) is 0 Å². The van der Waals surface area contributed by atoms with Gasteiger partial charge in [0.2, 0.25) is 0 Å². The van der Waals surface area contributed by atoms with Crippen molar-refractivity contribution in [3.05, 3.63) is 0 Å². The minimum absolute atomic E-state index is 1.27. The lowest BCUT2D eigenvalue weighted by Crippen LogP contribution is -3.00. The third-order valence-corrected chi connectivity index (χ3v) is 83.9. The number of fused-ring (bicyclic) bond motifs is 184. The minimum Gasteiger partial charge on any atom is -0.0496 e. The predicted molar refractivity (Wildman–Crippen MR) is 451 cm³/mol. The first-order valence-electron chi connectivity index (χ1n) is 64.0. The standard InChI is InChI=1S/C128H132/c1-2-6-5(1)9-10(6)14-13(9)17-18(14)22-21(17)25-26(22)30-29(25)33-34(30)38-37(33)41-42(38)46-45(41)49-50(46)54-53(49)57-58(54)62-61(57)65-66(62)70-69(65)73-74(70)78-77(73)81-82(78)86-85(81)89-90(86)94-93(89)97-98(94)102-101(97)105-106(102)110-109(105)113-114(110)118-117(113)121-122(118)126-125(121)127-123-119-115-111-107-103-99-95-91-87-83-79-75-71-67-63-59-55-51-47-43-39-35-31-27-23-19-15-11-7-3-4-8(7)12(11)16(15)20(19)24(23)28(27)32(31)36(35)40(39)44(43)48(47)52(51)56(55)60(59)64(63)68(67)72(71)76(75)80(79)84(83)88(87)92(91)96(95)100(99)104(103)108(107)112(111)116(115)120(119)124(123)128(126)127/h5-128H,1-4H2. The molecule has 644 valence electrons. The summed E-state index contributed by atoms with van der Waals surface area (Å²) in [6.45, 7) is 0. The molecule has 120 atom stereocenters. The van der Waals surface area contributed by atoms with Gasteiger partial charge in [-0.25, -0.2) is 0 Å². The fourth-order valence-corrected chi connectivity index (χ4v) is 86.7. The van der Waals surface area contributed by atoms with Crippen LogP contribution in [0.15, 0.2) is 0 Å². The van der Waals surface area contributed by atoms with Crippen LogP contribution in [-0.4, -0.2) is 0 Å². The molecule has 63 aliphatic carbocycles. The van der Waals surface area contributed by atoms with E-state index in [-0.39, 0.29) is 0 Å². The van der Waals surface area contributed by atoms with E-state index in [1.54, 1.807) is 25.7 Å². The monoisotopic (exact) mass is 1670 g/mol. The summed E-state index contributed by atoms with van der Waals surface area (Å²) < 4.78 is 0. The second kappa shape index (κ2) is 14.3. The Morgan fingerprint density at radius 1 is 0.0391 bits per heavy atom. The maximum atomic E-state index is 1.67. The summed E-state index contributed by atoms with van der Waals surface area (Å²) in [5, 5.41) is 0. The van der Waals surface area contributed by atoms with Crippen LogP contribution in [0, 0.1) is 734 Å². The largest absolute Gasteiger partial charge is 0.0496 e. The molecule has 0 amide bonds. The second-order valence-electron chi connectivity index (χ2n) is 73.1. The summed E-state index contributed by atoms with van der Waals surface area (Å²) in [4.78, 5) is 0. The molecule has 0 heterocycles. The van der Waals surface area contributed by atoms with Crippen LogP contribution >= 0.6 is 0 Å². The van der Waals surface area contributed by atoms with Crippen molar-refractivity contribution in [3.8, 4) is 0 Å². The molecule has 120 unspecified atom stereocenters. The zero-order chi connectivity index (χ0) is 74.4. The van der Waals surface area contributed by atoms with Gasteiger partial charge >= 0.3 is 0 Å². The molecule has 0 heteroatoms. The van der Waals surface area contributed by atoms with Crippen LogP contribution in [-0.2, 0) is 0 Å². The van der Waals surface area contributed by atoms with Gasteiger partial charge in [-0.1, -0.05) is 0 Å². The highest BCUT2D eigenvalue weighted by atomic mass is 15.1. The molecular formula is C128H132. The molecule has 0 N–H and O–H groups in total. The van der Waals surface area contributed by atoms with Crippen LogP contribution in [0.3, 0.4) is 0 Å². The van der Waals surface area contributed by atoms with Gasteiger partial charge in [0.25, 0.3) is 0 Å². The third kappa shape index (κ3) is 3.54. The summed E-state index contributed by atoms with van der Waals surface area (Å²) in [6.07, 6.45) is 6.67. The molecule has 0 aromatic carbocycles. The normalized spacial score (nSPS) is 105. The summed E-state index contributed by atoms with van der Waals surface area (Å²) in [6, 6.07) is 0. The summed E-state index contributed by atoms with van der Waals surface area (Å²) in [7, 11) is 0. The van der Waals surface area contributed by atoms with Gasteiger partial charge in [0.1, 0.15) is 0 Å². The lowest BCUT2D eigenvalue weighted by Gasteiger charge is -3.03. The predicted octanol–water partition coefficient (Wildman–Crippen LogP) is 16.8. The van der Waals surface area contributed by atoms with E-state index in [9.17, 15) is 0 Å². The summed E-state index contributed by atoms with van der Waals surface area (Å²) in [5.74, 6) is 165. The van der Waals surface area contributed by atoms with Crippen molar-refractivity contribution in [2.45, 2.75) is 25.7 Å². The first-order chi connectivity index (χ1) is 64.0. The molecule has 0 aromatic heterocycles. The van der Waals surface area contributed by atoms with Gasteiger partial charge in [-0.3, -0.25) is 0 Å². The second-order valence-corrected chi connectivity index (χ2v) is 73.1. The Morgan fingerprint density at radius 2 is 0.0703 bits per heavy atom. The molecule has 63 saturated carbocycles. The van der Waals surface area contributed by atoms with Gasteiger partial charge in [-0.2, -0.15) is 0 Å². The van der Waals surface area contributed by atoms with Crippen LogP contribution in [0.1, 0.15) is 25.7 Å². The van der Waals surface area contributed by atoms with Crippen LogP contribution in [0.25, 0.3) is 0 Å². The van der Waals surface area contributed by atoms with Crippen molar-refractivity contribution >= 4 is 0 Å². The Morgan fingerprint density at radius 3 is 0.102 bits per heavy atom. The van der Waals surface area contributed by atoms with Crippen molar-refractivity contribution < 1.29 is 0 Å². The lowest BCUT2D eigenvalue weighted by molar-refractivity contribution is -0.563. The van der Waals surface area contributed by atoms with Crippen LogP contribution < -0.4 is 0 Å². The molecular weight excluding hydrogens is 1540 g/mol. The highest BCUT2D eigenvalue weighted by Crippen LogP contribution is 3.11. The number of rotatable bonds is 0. The molecule has 0 nitrogen and oxygen atoms in total. The van der Waals surface area contributed by atoms with Crippen molar-refractivity contribution in [3.63, 3.8) is 0 Å². The molecule has 0 aromatic rings. The lowest BCUT2D eigenvalue weighted by atomic mass is 9.02. The SMILES string of the molecule is C1CC2C1C1C2C2C1C1C2C2C1C1C2C2C1C1C2C2C1C1C2C2C1C1C2C2C1C1C2C2C1C1C2C2C1C1C2C2C1C1C2C2C1C1C2C2C1C1C2C2C1C1C2C2C1C1C2C2C1C1C2C2C1C1C3C4C5C6C7C8C9C%10C%11C%12C%13C%14C%15C%16C%17C%18C%19C%20C%21C%22C%23C%24C%25C%26C%27C%28C%29C%30C%31C%32CCC%32C%31C%30C%29C%28C%27C%26C%25C%24C%23C%22C%21C%20C%19C%18C%17C%16C%15C%14C%13C%12C%11C%10C9C8C7C6C5C4C3C21. The third-order valence-electron chi connectivity index (χ3n) is 83.9. The van der Waals surface area contributed by atoms with E-state index in [0.29, 0.717) is 0 Å². The minimum atomic E-state index is 1.27. The molecule has 63 rings (SSSR count). The number of hydrogen-bond acceptors (Lipinski definition) is 0. The molecule has 0 bridgehead atoms. The highest BCUT2D eigenvalue weighted by Gasteiger charge is 3.08. The topological polar surface area (TPSA) is 0 Å². The first-order valence-corrected chi connectivity index (χ1v) is 64.0. The average Bonchev–Trinajstić information content (AvgIpc) is 0.579. The molecule has 0 saturated heterocycles. The van der Waals surface area contributed by atoms with E-state index in [1.165, 1.54) is 734 Å². The van der Waals surface area contributed by atoms with E-state index < -0.39 is 0 Å². The van der Waals surface area contributed by atoms with E-state index in [1.807, 2.05) is 0 Å². The maximum Gasteiger partial charge on any atom is -0.0312 e. The fraction of sp³-hybridized carbons (Fsp3) is 1.00. The molecule has 0 radical (unpaired) electrons. The Balaban J connectivity index is 0.212. The Kier molecular flexibility index (Phi) is 6.37. The Hall–Kier alpha value is 0. The zero-order valence-corrected chi connectivity index (χ0v) is 74.4. The maximum absolute atomic E-state index is 1.67. The summed E-state index contributed by atoms with van der Waals surface area (Å²) in [5.41, 5.74) is 0. The first kappa shape index (κ1) is 57.2. The van der Waals surface area contributed by atoms with Crippen LogP contribution in [0.2, 0.25) is 0 Å². The number of hydrogen-bond donors (Lipinski definition) is 0. The average molecular weight is 1670 g/mol. The zero-order valence-electron chi connectivity index (χ0n) is 74.4. The van der Waals surface area contributed by atoms with Crippen LogP contribution in [0.4, 0.5) is 0 Å². The van der Waals surface area contributed by atoms with E-state index >= 15 is 0 Å². The smallest absolute Gasteiger partial charge is 0.0312 e. The fourth-order valence-electron chi connectivity index (χ4n) is 86.7. The quantitative estimate of drug-likeness (QED) is 0.212. The van der Waals surface area contributed by atoms with E-state index in [4.69, 9.17) is 0 Å². The van der Waals surface area contributed by atoms with Gasteiger partial charge < -0.3 is 0 Å². The van der Waals surface area contributed by atoms with Crippen LogP contribution in [0.5, 0.6) is 0 Å². The van der Waals surface area contributed by atoms with Gasteiger partial charge in [0.15, 0.2) is 0 Å². The van der Waals surface area contributed by atoms with Gasteiger partial charge in [-0.15, -0.1) is 0 Å². The molecule has 63 fully saturated rings.